The maximum Gasteiger partial charge on any atom is 0.387 e. The van der Waals surface area contributed by atoms with Gasteiger partial charge in [0.2, 0.25) is 5.91 Å². The zero-order chi connectivity index (χ0) is 16.8. The van der Waals surface area contributed by atoms with E-state index in [1.807, 2.05) is 6.92 Å². The highest BCUT2D eigenvalue weighted by Crippen LogP contribution is 2.29. The van der Waals surface area contributed by atoms with Gasteiger partial charge in [-0.3, -0.25) is 4.79 Å². The Morgan fingerprint density at radius 3 is 2.70 bits per heavy atom. The molecule has 1 heterocycles. The quantitative estimate of drug-likeness (QED) is 0.764. The van der Waals surface area contributed by atoms with Crippen molar-refractivity contribution < 1.29 is 23.0 Å². The number of carbonyl (C=O) groups excluding carboxylic acids is 1. The van der Waals surface area contributed by atoms with E-state index in [2.05, 4.69) is 15.4 Å². The summed E-state index contributed by atoms with van der Waals surface area (Å²) >= 11 is 0. The number of ether oxygens (including phenoxy) is 2. The Labute approximate surface area is 134 Å². The van der Waals surface area contributed by atoms with Crippen LogP contribution in [0.25, 0.3) is 0 Å². The third-order valence-corrected chi connectivity index (χ3v) is 4.09. The fraction of sp³-hybridized carbons (Fsp3) is 0.562. The summed E-state index contributed by atoms with van der Waals surface area (Å²) in [6, 6.07) is 4.86. The summed E-state index contributed by atoms with van der Waals surface area (Å²) in [6.07, 6.45) is 0.533. The summed E-state index contributed by atoms with van der Waals surface area (Å²) < 4.78 is 34.2. The Morgan fingerprint density at radius 1 is 1.39 bits per heavy atom. The van der Waals surface area contributed by atoms with Gasteiger partial charge in [0.15, 0.2) is 11.5 Å². The Bertz CT molecular complexity index is 536. The molecule has 0 aliphatic carbocycles. The monoisotopic (exact) mass is 328 g/mol. The van der Waals surface area contributed by atoms with Crippen LogP contribution in [0.5, 0.6) is 11.5 Å². The van der Waals surface area contributed by atoms with Crippen LogP contribution in [0.1, 0.15) is 12.5 Å². The van der Waals surface area contributed by atoms with Gasteiger partial charge in [-0.05, 0) is 43.1 Å². The van der Waals surface area contributed by atoms with Crippen molar-refractivity contribution in [3.8, 4) is 11.5 Å². The predicted molar refractivity (Wildman–Crippen MR) is 81.9 cm³/mol. The zero-order valence-electron chi connectivity index (χ0n) is 13.3. The lowest BCUT2D eigenvalue weighted by Gasteiger charge is -2.31. The molecule has 1 aliphatic heterocycles. The van der Waals surface area contributed by atoms with E-state index in [0.29, 0.717) is 18.9 Å². The summed E-state index contributed by atoms with van der Waals surface area (Å²) in [5, 5.41) is 6.03. The highest BCUT2D eigenvalue weighted by atomic mass is 19.3. The average molecular weight is 328 g/mol. The topological polar surface area (TPSA) is 59.6 Å². The molecule has 1 aliphatic rings. The van der Waals surface area contributed by atoms with E-state index in [-0.39, 0.29) is 23.3 Å². The first-order chi connectivity index (χ1) is 11.0. The molecule has 1 amide bonds. The second-order valence-electron chi connectivity index (χ2n) is 5.61. The lowest BCUT2D eigenvalue weighted by atomic mass is 9.88. The van der Waals surface area contributed by atoms with Crippen molar-refractivity contribution in [1.29, 1.82) is 0 Å². The van der Waals surface area contributed by atoms with E-state index >= 15 is 0 Å². The number of amides is 1. The normalized spacial score (nSPS) is 15.9. The minimum Gasteiger partial charge on any atom is -0.493 e. The van der Waals surface area contributed by atoms with Crippen LogP contribution in [0.4, 0.5) is 8.78 Å². The molecule has 1 aromatic carbocycles. The van der Waals surface area contributed by atoms with E-state index in [9.17, 15) is 13.6 Å². The zero-order valence-corrected chi connectivity index (χ0v) is 13.3. The van der Waals surface area contributed by atoms with E-state index in [0.717, 1.165) is 18.7 Å². The van der Waals surface area contributed by atoms with Crippen LogP contribution in [-0.2, 0) is 11.2 Å². The Hall–Kier alpha value is -1.89. The third-order valence-electron chi connectivity index (χ3n) is 4.09. The standard InChI is InChI=1S/C16H22F2N2O3/c1-10(12-8-19-9-12)15(21)20-6-5-11-3-4-13(22-2)14(7-11)23-16(17)18/h3-4,7,10,12,16,19H,5-6,8-9H2,1-2H3,(H,20,21). The van der Waals surface area contributed by atoms with Crippen LogP contribution in [0, 0.1) is 11.8 Å². The van der Waals surface area contributed by atoms with Crippen molar-refractivity contribution in [3.63, 3.8) is 0 Å². The van der Waals surface area contributed by atoms with E-state index < -0.39 is 6.61 Å². The summed E-state index contributed by atoms with van der Waals surface area (Å²) in [6.45, 7) is 1.21. The second kappa shape index (κ2) is 8.10. The fourth-order valence-corrected chi connectivity index (χ4v) is 2.43. The van der Waals surface area contributed by atoms with E-state index in [4.69, 9.17) is 4.74 Å². The number of hydrogen-bond donors (Lipinski definition) is 2. The van der Waals surface area contributed by atoms with E-state index in [1.165, 1.54) is 13.2 Å². The molecule has 0 radical (unpaired) electrons. The maximum absolute atomic E-state index is 12.4. The van der Waals surface area contributed by atoms with Gasteiger partial charge >= 0.3 is 6.61 Å². The highest BCUT2D eigenvalue weighted by Gasteiger charge is 2.28. The molecule has 1 unspecified atom stereocenters. The Morgan fingerprint density at radius 2 is 2.13 bits per heavy atom. The van der Waals surface area contributed by atoms with Gasteiger partial charge in [-0.1, -0.05) is 13.0 Å². The molecule has 128 valence electrons. The Kier molecular flexibility index (Phi) is 6.15. The fourth-order valence-electron chi connectivity index (χ4n) is 2.43. The first kappa shape index (κ1) is 17.5. The molecule has 0 bridgehead atoms. The first-order valence-electron chi connectivity index (χ1n) is 7.61. The van der Waals surface area contributed by atoms with Gasteiger partial charge in [0.05, 0.1) is 7.11 Å². The first-order valence-corrected chi connectivity index (χ1v) is 7.61. The minimum atomic E-state index is -2.91. The van der Waals surface area contributed by atoms with Gasteiger partial charge in [-0.2, -0.15) is 8.78 Å². The van der Waals surface area contributed by atoms with Crippen LogP contribution in [0.3, 0.4) is 0 Å². The van der Waals surface area contributed by atoms with Crippen LogP contribution in [0.15, 0.2) is 18.2 Å². The minimum absolute atomic E-state index is 0.000219. The van der Waals surface area contributed by atoms with Crippen LogP contribution >= 0.6 is 0 Å². The van der Waals surface area contributed by atoms with Crippen LogP contribution in [0.2, 0.25) is 0 Å². The van der Waals surface area contributed by atoms with Gasteiger partial charge in [0.1, 0.15) is 0 Å². The van der Waals surface area contributed by atoms with Crippen LogP contribution in [-0.4, -0.2) is 39.3 Å². The molecule has 7 heteroatoms. The molecular weight excluding hydrogens is 306 g/mol. The molecule has 0 aromatic heterocycles. The summed E-state index contributed by atoms with van der Waals surface area (Å²) in [5.41, 5.74) is 0.791. The molecule has 2 N–H and O–H groups in total. The van der Waals surface area contributed by atoms with Gasteiger partial charge in [-0.25, -0.2) is 0 Å². The summed E-state index contributed by atoms with van der Waals surface area (Å²) in [5.74, 6) is 0.644. The van der Waals surface area contributed by atoms with Crippen molar-refractivity contribution in [2.45, 2.75) is 20.0 Å². The molecule has 1 fully saturated rings. The molecule has 0 spiro atoms. The molecule has 1 atom stereocenters. The number of hydrogen-bond acceptors (Lipinski definition) is 4. The molecule has 0 saturated carbocycles. The average Bonchev–Trinajstić information content (AvgIpc) is 2.45. The van der Waals surface area contributed by atoms with Gasteiger partial charge in [0.25, 0.3) is 0 Å². The predicted octanol–water partition coefficient (Wildman–Crippen LogP) is 1.81. The SMILES string of the molecule is COc1ccc(CCNC(=O)C(C)C2CNC2)cc1OC(F)F. The smallest absolute Gasteiger partial charge is 0.387 e. The maximum atomic E-state index is 12.4. The largest absolute Gasteiger partial charge is 0.493 e. The lowest BCUT2D eigenvalue weighted by molar-refractivity contribution is -0.126. The highest BCUT2D eigenvalue weighted by molar-refractivity contribution is 5.78. The van der Waals surface area contributed by atoms with Crippen molar-refractivity contribution in [2.24, 2.45) is 11.8 Å². The number of benzene rings is 1. The molecular formula is C16H22F2N2O3. The molecule has 1 aromatic rings. The Balaban J connectivity index is 1.86. The van der Waals surface area contributed by atoms with Crippen molar-refractivity contribution in [2.75, 3.05) is 26.7 Å². The van der Waals surface area contributed by atoms with Crippen molar-refractivity contribution >= 4 is 5.91 Å². The molecule has 2 rings (SSSR count). The number of alkyl halides is 2. The number of carbonyl (C=O) groups is 1. The number of nitrogens with one attached hydrogen (secondary N) is 2. The lowest BCUT2D eigenvalue weighted by Crippen LogP contribution is -2.49. The summed E-state index contributed by atoms with van der Waals surface area (Å²) in [7, 11) is 1.39. The number of methoxy groups -OCH3 is 1. The van der Waals surface area contributed by atoms with Gasteiger partial charge < -0.3 is 20.1 Å². The second-order valence-corrected chi connectivity index (χ2v) is 5.61. The number of rotatable bonds is 8. The number of halogens is 2. The summed E-state index contributed by atoms with van der Waals surface area (Å²) in [4.78, 5) is 12.0. The third kappa shape index (κ3) is 4.79. The van der Waals surface area contributed by atoms with Gasteiger partial charge in [-0.15, -0.1) is 0 Å². The molecule has 5 nitrogen and oxygen atoms in total. The van der Waals surface area contributed by atoms with E-state index in [1.54, 1.807) is 12.1 Å². The molecule has 23 heavy (non-hydrogen) atoms. The van der Waals surface area contributed by atoms with Gasteiger partial charge in [0, 0.05) is 12.5 Å². The van der Waals surface area contributed by atoms with Crippen LogP contribution < -0.4 is 20.1 Å². The van der Waals surface area contributed by atoms with Crippen molar-refractivity contribution in [3.05, 3.63) is 23.8 Å². The van der Waals surface area contributed by atoms with Crippen molar-refractivity contribution in [1.82, 2.24) is 10.6 Å². The molecule has 1 saturated heterocycles.